The van der Waals surface area contributed by atoms with E-state index in [9.17, 15) is 4.39 Å². The molecule has 0 saturated carbocycles. The third-order valence-corrected chi connectivity index (χ3v) is 2.80. The Morgan fingerprint density at radius 2 is 2.15 bits per heavy atom. The zero-order valence-electron chi connectivity index (χ0n) is 10.5. The van der Waals surface area contributed by atoms with Gasteiger partial charge in [-0.25, -0.2) is 4.39 Å². The van der Waals surface area contributed by atoms with Crippen LogP contribution in [-0.4, -0.2) is 15.1 Å². The molecule has 0 spiro atoms. The second-order valence-corrected chi connectivity index (χ2v) is 4.29. The summed E-state index contributed by atoms with van der Waals surface area (Å²) in [5.41, 5.74) is 7.68. The summed E-state index contributed by atoms with van der Waals surface area (Å²) in [5.74, 6) is 0.516. The van der Waals surface area contributed by atoms with Crippen molar-refractivity contribution < 1.29 is 8.91 Å². The Labute approximate surface area is 114 Å². The minimum absolute atomic E-state index is 0.287. The van der Waals surface area contributed by atoms with Crippen LogP contribution in [0.3, 0.4) is 0 Å². The summed E-state index contributed by atoms with van der Waals surface area (Å²) in [5, 5.41) is 3.87. The molecule has 0 amide bonds. The van der Waals surface area contributed by atoms with Crippen LogP contribution >= 0.6 is 0 Å². The molecule has 100 valence electrons. The van der Waals surface area contributed by atoms with Crippen LogP contribution in [0.4, 0.5) is 10.1 Å². The first-order valence-electron chi connectivity index (χ1n) is 5.99. The fraction of sp³-hybridized carbons (Fsp3) is 0.0714. The van der Waals surface area contributed by atoms with Gasteiger partial charge >= 0.3 is 0 Å². The Hall–Kier alpha value is -2.76. The van der Waals surface area contributed by atoms with Gasteiger partial charge in [0.2, 0.25) is 0 Å². The highest BCUT2D eigenvalue weighted by molar-refractivity contribution is 5.68. The molecule has 1 aromatic carbocycles. The first-order valence-corrected chi connectivity index (χ1v) is 5.99. The van der Waals surface area contributed by atoms with Crippen LogP contribution in [0.5, 0.6) is 0 Å². The van der Waals surface area contributed by atoms with E-state index in [4.69, 9.17) is 10.3 Å². The fourth-order valence-electron chi connectivity index (χ4n) is 1.87. The van der Waals surface area contributed by atoms with E-state index in [1.54, 1.807) is 24.4 Å². The monoisotopic (exact) mass is 270 g/mol. The molecule has 0 bridgehead atoms. The Morgan fingerprint density at radius 1 is 1.25 bits per heavy atom. The highest BCUT2D eigenvalue weighted by Gasteiger charge is 2.12. The second kappa shape index (κ2) is 5.08. The molecule has 2 aromatic heterocycles. The standard InChI is InChI=1S/C14H11FN4O/c15-10-3-1-2-9(6-10)7-13-18-14(20-19-13)11-4-5-17-8-12(11)16/h1-6,8H,7,16H2. The highest BCUT2D eigenvalue weighted by atomic mass is 19.1. The van der Waals surface area contributed by atoms with Crippen LogP contribution in [-0.2, 0) is 6.42 Å². The van der Waals surface area contributed by atoms with Crippen molar-refractivity contribution in [3.8, 4) is 11.5 Å². The molecule has 3 rings (SSSR count). The zero-order valence-corrected chi connectivity index (χ0v) is 10.5. The summed E-state index contributed by atoms with van der Waals surface area (Å²) in [7, 11) is 0. The van der Waals surface area contributed by atoms with Crippen LogP contribution in [0.2, 0.25) is 0 Å². The molecule has 0 unspecified atom stereocenters. The first-order chi connectivity index (χ1) is 9.72. The zero-order chi connectivity index (χ0) is 13.9. The average Bonchev–Trinajstić information content (AvgIpc) is 2.87. The minimum atomic E-state index is -0.287. The van der Waals surface area contributed by atoms with E-state index in [1.165, 1.54) is 18.3 Å². The largest absolute Gasteiger partial charge is 0.397 e. The van der Waals surface area contributed by atoms with Gasteiger partial charge in [0.25, 0.3) is 5.89 Å². The lowest BCUT2D eigenvalue weighted by Crippen LogP contribution is -1.93. The number of hydrogen-bond donors (Lipinski definition) is 1. The van der Waals surface area contributed by atoms with E-state index < -0.39 is 0 Å². The Morgan fingerprint density at radius 3 is 2.95 bits per heavy atom. The number of hydrogen-bond acceptors (Lipinski definition) is 5. The summed E-state index contributed by atoms with van der Waals surface area (Å²) in [6.07, 6.45) is 3.51. The topological polar surface area (TPSA) is 77.8 Å². The molecule has 0 aliphatic carbocycles. The second-order valence-electron chi connectivity index (χ2n) is 4.29. The van der Waals surface area contributed by atoms with Crippen LogP contribution < -0.4 is 5.73 Å². The number of aromatic nitrogens is 3. The number of nitrogens with zero attached hydrogens (tertiary/aromatic N) is 3. The predicted octanol–water partition coefficient (Wildman–Crippen LogP) is 2.44. The molecule has 0 aliphatic heterocycles. The summed E-state index contributed by atoms with van der Waals surface area (Å²) < 4.78 is 18.3. The predicted molar refractivity (Wildman–Crippen MR) is 71.1 cm³/mol. The molecule has 0 fully saturated rings. The van der Waals surface area contributed by atoms with Gasteiger partial charge in [-0.1, -0.05) is 17.3 Å². The van der Waals surface area contributed by atoms with Crippen molar-refractivity contribution in [1.29, 1.82) is 0 Å². The van der Waals surface area contributed by atoms with Crippen LogP contribution in [0.15, 0.2) is 47.2 Å². The van der Waals surface area contributed by atoms with Gasteiger partial charge in [-0.2, -0.15) is 4.98 Å². The summed E-state index contributed by atoms with van der Waals surface area (Å²) in [6.45, 7) is 0. The molecule has 0 aliphatic rings. The molecule has 6 heteroatoms. The van der Waals surface area contributed by atoms with E-state index in [1.807, 2.05) is 0 Å². The molecule has 20 heavy (non-hydrogen) atoms. The Kier molecular flexibility index (Phi) is 3.12. The fourth-order valence-corrected chi connectivity index (χ4v) is 1.87. The van der Waals surface area contributed by atoms with Gasteiger partial charge in [-0.15, -0.1) is 0 Å². The van der Waals surface area contributed by atoms with Crippen molar-refractivity contribution in [2.75, 3.05) is 5.73 Å². The van der Waals surface area contributed by atoms with Gasteiger partial charge in [0.1, 0.15) is 5.82 Å². The van der Waals surface area contributed by atoms with Crippen molar-refractivity contribution in [2.24, 2.45) is 0 Å². The van der Waals surface area contributed by atoms with Crippen molar-refractivity contribution >= 4 is 5.69 Å². The third kappa shape index (κ3) is 2.49. The lowest BCUT2D eigenvalue weighted by atomic mass is 10.1. The van der Waals surface area contributed by atoms with Crippen molar-refractivity contribution in [3.05, 3.63) is 59.9 Å². The van der Waals surface area contributed by atoms with E-state index in [0.29, 0.717) is 29.4 Å². The van der Waals surface area contributed by atoms with Gasteiger partial charge in [-0.3, -0.25) is 4.98 Å². The van der Waals surface area contributed by atoms with Gasteiger partial charge in [0.15, 0.2) is 5.82 Å². The van der Waals surface area contributed by atoms with E-state index in [2.05, 4.69) is 15.1 Å². The molecule has 0 atom stereocenters. The maximum Gasteiger partial charge on any atom is 0.260 e. The number of anilines is 1. The van der Waals surface area contributed by atoms with E-state index >= 15 is 0 Å². The smallest absolute Gasteiger partial charge is 0.260 e. The lowest BCUT2D eigenvalue weighted by molar-refractivity contribution is 0.424. The van der Waals surface area contributed by atoms with Crippen LogP contribution in [0.25, 0.3) is 11.5 Å². The molecule has 0 radical (unpaired) electrons. The third-order valence-electron chi connectivity index (χ3n) is 2.80. The number of nitrogen functional groups attached to an aromatic ring is 1. The van der Waals surface area contributed by atoms with E-state index in [0.717, 1.165) is 5.56 Å². The van der Waals surface area contributed by atoms with E-state index in [-0.39, 0.29) is 5.82 Å². The summed E-state index contributed by atoms with van der Waals surface area (Å²) in [4.78, 5) is 8.16. The summed E-state index contributed by atoms with van der Waals surface area (Å²) >= 11 is 0. The van der Waals surface area contributed by atoms with Gasteiger partial charge < -0.3 is 10.3 Å². The minimum Gasteiger partial charge on any atom is -0.397 e. The molecule has 2 N–H and O–H groups in total. The molecule has 2 heterocycles. The Bertz CT molecular complexity index is 741. The van der Waals surface area contributed by atoms with Gasteiger partial charge in [-0.05, 0) is 23.8 Å². The number of halogens is 1. The molecule has 5 nitrogen and oxygen atoms in total. The normalized spacial score (nSPS) is 10.7. The van der Waals surface area contributed by atoms with Crippen LogP contribution in [0, 0.1) is 5.82 Å². The molecule has 0 saturated heterocycles. The van der Waals surface area contributed by atoms with Crippen molar-refractivity contribution in [2.45, 2.75) is 6.42 Å². The Balaban J connectivity index is 1.86. The van der Waals surface area contributed by atoms with Crippen LogP contribution in [0.1, 0.15) is 11.4 Å². The van der Waals surface area contributed by atoms with Crippen molar-refractivity contribution in [1.82, 2.24) is 15.1 Å². The quantitative estimate of drug-likeness (QED) is 0.790. The highest BCUT2D eigenvalue weighted by Crippen LogP contribution is 2.23. The lowest BCUT2D eigenvalue weighted by Gasteiger charge is -1.97. The first kappa shape index (κ1) is 12.3. The average molecular weight is 270 g/mol. The maximum atomic E-state index is 13.1. The van der Waals surface area contributed by atoms with Gasteiger partial charge in [0, 0.05) is 12.6 Å². The molecular weight excluding hydrogens is 259 g/mol. The molecular formula is C14H11FN4O. The van der Waals surface area contributed by atoms with Crippen molar-refractivity contribution in [3.63, 3.8) is 0 Å². The summed E-state index contributed by atoms with van der Waals surface area (Å²) in [6, 6.07) is 7.99. The van der Waals surface area contributed by atoms with Gasteiger partial charge in [0.05, 0.1) is 17.4 Å². The number of nitrogens with two attached hydrogens (primary N) is 1. The number of rotatable bonds is 3. The number of pyridine rings is 1. The SMILES string of the molecule is Nc1cnccc1-c1nc(Cc2cccc(F)c2)no1. The maximum absolute atomic E-state index is 13.1. The number of benzene rings is 1. The molecule has 3 aromatic rings.